The number of fused-ring (bicyclic) bond motifs is 2. The maximum Gasteiger partial charge on any atom is 0.280 e. The second-order valence-electron chi connectivity index (χ2n) is 9.69. The molecule has 2 amide bonds. The molecule has 3 unspecified atom stereocenters. The van der Waals surface area contributed by atoms with Gasteiger partial charge in [-0.1, -0.05) is 11.6 Å². The fourth-order valence-electron chi connectivity index (χ4n) is 4.83. The van der Waals surface area contributed by atoms with Crippen molar-refractivity contribution in [1.29, 1.82) is 0 Å². The third kappa shape index (κ3) is 4.84. The summed E-state index contributed by atoms with van der Waals surface area (Å²) in [4.78, 5) is 37.1. The zero-order valence-electron chi connectivity index (χ0n) is 19.2. The molecule has 2 aromatic heterocycles. The number of rotatable bonds is 4. The fourth-order valence-corrected chi connectivity index (χ4v) is 6.10. The van der Waals surface area contributed by atoms with Gasteiger partial charge in [0.25, 0.3) is 11.8 Å². The third-order valence-corrected chi connectivity index (χ3v) is 8.03. The van der Waals surface area contributed by atoms with Crippen LogP contribution >= 0.6 is 22.9 Å². The van der Waals surface area contributed by atoms with Crippen LogP contribution in [0.2, 0.25) is 5.02 Å². The van der Waals surface area contributed by atoms with Crippen LogP contribution in [-0.4, -0.2) is 63.1 Å². The fraction of sp³-hybridized carbons (Fsp3) is 0.458. The standard InChI is InChI=1S/C24H28ClN5O3S/c1-24(33)7-5-16(27-22(32)23-29-17-6-8-30(2)12-20(17)34-23)19(11-24)28-21(31)18-10-13-9-14(25)3-4-15(13)26-18/h3-4,9-10,16,19,26,33H,5-8,11-12H2,1-2H3,(H,27,32)(H,28,31). The lowest BCUT2D eigenvalue weighted by Crippen LogP contribution is -2.57. The molecule has 10 heteroatoms. The van der Waals surface area contributed by atoms with Crippen LogP contribution in [0.1, 0.15) is 57.0 Å². The molecular weight excluding hydrogens is 474 g/mol. The molecule has 3 atom stereocenters. The molecule has 8 nitrogen and oxygen atoms in total. The number of likely N-dealkylation sites (N-methyl/N-ethyl adjacent to an activating group) is 1. The summed E-state index contributed by atoms with van der Waals surface area (Å²) in [6.45, 7) is 3.51. The Morgan fingerprint density at radius 1 is 1.26 bits per heavy atom. The summed E-state index contributed by atoms with van der Waals surface area (Å²) in [5, 5.41) is 18.7. The number of amides is 2. The van der Waals surface area contributed by atoms with Gasteiger partial charge in [-0.15, -0.1) is 11.3 Å². The van der Waals surface area contributed by atoms with Gasteiger partial charge in [0, 0.05) is 46.4 Å². The number of aliphatic hydroxyl groups is 1. The molecule has 0 saturated heterocycles. The number of nitrogens with zero attached hydrogens (tertiary/aromatic N) is 2. The van der Waals surface area contributed by atoms with E-state index < -0.39 is 11.6 Å². The molecule has 2 aliphatic rings. The van der Waals surface area contributed by atoms with Gasteiger partial charge >= 0.3 is 0 Å². The summed E-state index contributed by atoms with van der Waals surface area (Å²) < 4.78 is 0. The third-order valence-electron chi connectivity index (χ3n) is 6.72. The largest absolute Gasteiger partial charge is 0.390 e. The van der Waals surface area contributed by atoms with Crippen LogP contribution in [0.25, 0.3) is 10.9 Å². The number of thiazole rings is 1. The van der Waals surface area contributed by atoms with Crippen LogP contribution < -0.4 is 10.6 Å². The van der Waals surface area contributed by atoms with Crippen molar-refractivity contribution in [3.05, 3.63) is 50.6 Å². The number of halogens is 1. The summed E-state index contributed by atoms with van der Waals surface area (Å²) in [5.41, 5.74) is 1.30. The Kier molecular flexibility index (Phi) is 6.14. The quantitative estimate of drug-likeness (QED) is 0.439. The van der Waals surface area contributed by atoms with Crippen molar-refractivity contribution in [3.8, 4) is 0 Å². The van der Waals surface area contributed by atoms with Crippen molar-refractivity contribution < 1.29 is 14.7 Å². The number of carbonyl (C=O) groups excluding carboxylic acids is 2. The molecule has 1 saturated carbocycles. The van der Waals surface area contributed by atoms with Crippen LogP contribution in [0.3, 0.4) is 0 Å². The Morgan fingerprint density at radius 2 is 2.06 bits per heavy atom. The topological polar surface area (TPSA) is 110 Å². The zero-order chi connectivity index (χ0) is 24.0. The van der Waals surface area contributed by atoms with Gasteiger partial charge < -0.3 is 25.6 Å². The molecule has 34 heavy (non-hydrogen) atoms. The molecule has 1 fully saturated rings. The molecule has 3 aromatic rings. The van der Waals surface area contributed by atoms with Crippen LogP contribution in [0.5, 0.6) is 0 Å². The smallest absolute Gasteiger partial charge is 0.280 e. The first-order chi connectivity index (χ1) is 16.2. The monoisotopic (exact) mass is 501 g/mol. The molecule has 1 aliphatic heterocycles. The van der Waals surface area contributed by atoms with E-state index in [1.54, 1.807) is 25.1 Å². The molecule has 0 radical (unpaired) electrons. The van der Waals surface area contributed by atoms with Crippen molar-refractivity contribution in [3.63, 3.8) is 0 Å². The maximum absolute atomic E-state index is 13.1. The number of nitrogens with one attached hydrogen (secondary N) is 3. The summed E-state index contributed by atoms with van der Waals surface area (Å²) >= 11 is 7.50. The summed E-state index contributed by atoms with van der Waals surface area (Å²) in [5.74, 6) is -0.518. The van der Waals surface area contributed by atoms with Gasteiger partial charge in [0.15, 0.2) is 5.01 Å². The van der Waals surface area contributed by atoms with Gasteiger partial charge in [0.2, 0.25) is 0 Å². The second kappa shape index (κ2) is 8.96. The van der Waals surface area contributed by atoms with E-state index in [-0.39, 0.29) is 17.9 Å². The first kappa shape index (κ1) is 23.3. The van der Waals surface area contributed by atoms with E-state index in [2.05, 4.69) is 32.5 Å². The second-order valence-corrected chi connectivity index (χ2v) is 11.2. The van der Waals surface area contributed by atoms with Gasteiger partial charge in [-0.05, 0) is 57.5 Å². The molecule has 5 rings (SSSR count). The normalized spacial score (nSPS) is 25.2. The molecule has 1 aromatic carbocycles. The summed E-state index contributed by atoms with van der Waals surface area (Å²) in [6, 6.07) is 6.41. The molecular formula is C24H28ClN5O3S. The minimum Gasteiger partial charge on any atom is -0.390 e. The van der Waals surface area contributed by atoms with Crippen LogP contribution in [-0.2, 0) is 13.0 Å². The van der Waals surface area contributed by atoms with Crippen molar-refractivity contribution in [1.82, 2.24) is 25.5 Å². The average molecular weight is 502 g/mol. The molecule has 0 bridgehead atoms. The van der Waals surface area contributed by atoms with E-state index in [1.807, 2.05) is 6.07 Å². The number of benzene rings is 1. The molecule has 0 spiro atoms. The lowest BCUT2D eigenvalue weighted by Gasteiger charge is -2.40. The molecule has 180 valence electrons. The number of H-pyrrole nitrogens is 1. The van der Waals surface area contributed by atoms with Crippen LogP contribution in [0.15, 0.2) is 24.3 Å². The highest BCUT2D eigenvalue weighted by molar-refractivity contribution is 7.13. The predicted molar refractivity (Wildman–Crippen MR) is 132 cm³/mol. The van der Waals surface area contributed by atoms with Gasteiger partial charge in [0.05, 0.1) is 17.3 Å². The Hall–Kier alpha value is -2.46. The Balaban J connectivity index is 1.31. The highest BCUT2D eigenvalue weighted by atomic mass is 35.5. The van der Waals surface area contributed by atoms with Gasteiger partial charge in [-0.2, -0.15) is 0 Å². The number of hydrogen-bond donors (Lipinski definition) is 4. The number of carbonyl (C=O) groups is 2. The van der Waals surface area contributed by atoms with E-state index >= 15 is 0 Å². The Morgan fingerprint density at radius 3 is 2.88 bits per heavy atom. The van der Waals surface area contributed by atoms with E-state index in [0.29, 0.717) is 35.0 Å². The Bertz CT molecular complexity index is 1250. The Labute approximate surface area is 206 Å². The lowest BCUT2D eigenvalue weighted by molar-refractivity contribution is 0.000645. The predicted octanol–water partition coefficient (Wildman–Crippen LogP) is 3.10. The lowest BCUT2D eigenvalue weighted by atomic mass is 9.80. The molecule has 3 heterocycles. The first-order valence-corrected chi connectivity index (χ1v) is 12.7. The highest BCUT2D eigenvalue weighted by Crippen LogP contribution is 2.30. The van der Waals surface area contributed by atoms with Crippen molar-refractivity contribution in [2.24, 2.45) is 0 Å². The van der Waals surface area contributed by atoms with Crippen molar-refractivity contribution in [2.45, 2.75) is 56.8 Å². The number of aromatic amines is 1. The number of hydrogen-bond acceptors (Lipinski definition) is 6. The van der Waals surface area contributed by atoms with Crippen molar-refractivity contribution >= 4 is 45.7 Å². The highest BCUT2D eigenvalue weighted by Gasteiger charge is 2.38. The molecule has 4 N–H and O–H groups in total. The van der Waals surface area contributed by atoms with Gasteiger partial charge in [-0.3, -0.25) is 9.59 Å². The van der Waals surface area contributed by atoms with E-state index in [4.69, 9.17) is 11.6 Å². The van der Waals surface area contributed by atoms with E-state index in [0.717, 1.165) is 41.0 Å². The summed E-state index contributed by atoms with van der Waals surface area (Å²) in [7, 11) is 2.06. The zero-order valence-corrected chi connectivity index (χ0v) is 20.7. The number of aromatic nitrogens is 2. The van der Waals surface area contributed by atoms with Crippen molar-refractivity contribution in [2.75, 3.05) is 13.6 Å². The van der Waals surface area contributed by atoms with Gasteiger partial charge in [0.1, 0.15) is 5.69 Å². The minimum atomic E-state index is -0.919. The van der Waals surface area contributed by atoms with E-state index in [1.165, 1.54) is 11.3 Å². The van der Waals surface area contributed by atoms with Gasteiger partial charge in [-0.25, -0.2) is 4.98 Å². The maximum atomic E-state index is 13.1. The van der Waals surface area contributed by atoms with E-state index in [9.17, 15) is 14.7 Å². The molecule has 1 aliphatic carbocycles. The average Bonchev–Trinajstić information content (AvgIpc) is 3.38. The SMILES string of the molecule is CN1CCc2nc(C(=O)NC3CCC(C)(O)CC3NC(=O)c3cc4cc(Cl)ccc4[nH]3)sc2C1. The first-order valence-electron chi connectivity index (χ1n) is 11.5. The summed E-state index contributed by atoms with van der Waals surface area (Å²) in [6.07, 6.45) is 2.28. The minimum absolute atomic E-state index is 0.229. The van der Waals surface area contributed by atoms with Crippen LogP contribution in [0, 0.1) is 0 Å². The van der Waals surface area contributed by atoms with Crippen LogP contribution in [0.4, 0.5) is 0 Å².